The minimum absolute atomic E-state index is 0.0457. The number of aliphatic hydroxyl groups excluding tert-OH is 1. The molecule has 1 fully saturated rings. The summed E-state index contributed by atoms with van der Waals surface area (Å²) in [7, 11) is 0. The van der Waals surface area contributed by atoms with Crippen molar-refractivity contribution in [2.24, 2.45) is 0 Å². The molecule has 0 spiro atoms. The Labute approximate surface area is 153 Å². The lowest BCUT2D eigenvalue weighted by Crippen LogP contribution is -2.29. The van der Waals surface area contributed by atoms with Crippen molar-refractivity contribution in [2.75, 3.05) is 4.90 Å². The van der Waals surface area contributed by atoms with Crippen LogP contribution < -0.4 is 4.90 Å². The van der Waals surface area contributed by atoms with Gasteiger partial charge in [0, 0.05) is 16.5 Å². The number of aryl methyl sites for hydroxylation is 1. The van der Waals surface area contributed by atoms with E-state index in [0.29, 0.717) is 11.3 Å². The summed E-state index contributed by atoms with van der Waals surface area (Å²) >= 11 is 1.40. The smallest absolute Gasteiger partial charge is 0.301 e. The minimum Gasteiger partial charge on any atom is -0.507 e. The van der Waals surface area contributed by atoms with Crippen LogP contribution in [0.4, 0.5) is 5.82 Å². The molecule has 2 aromatic heterocycles. The summed E-state index contributed by atoms with van der Waals surface area (Å²) in [6, 6.07) is 13.2. The number of anilines is 1. The second-order valence-electron chi connectivity index (χ2n) is 5.85. The number of aliphatic hydroxyl groups is 1. The fourth-order valence-corrected chi connectivity index (χ4v) is 3.83. The number of amides is 1. The largest absolute Gasteiger partial charge is 0.507 e. The molecule has 1 saturated heterocycles. The highest BCUT2D eigenvalue weighted by atomic mass is 32.1. The quantitative estimate of drug-likeness (QED) is 0.434. The van der Waals surface area contributed by atoms with Crippen LogP contribution in [0.3, 0.4) is 0 Å². The van der Waals surface area contributed by atoms with Crippen molar-refractivity contribution in [2.45, 2.75) is 13.0 Å². The van der Waals surface area contributed by atoms with Gasteiger partial charge in [-0.25, -0.2) is 0 Å². The molecule has 1 atom stereocenters. The molecule has 4 rings (SSSR count). The molecule has 7 heteroatoms. The number of nitrogens with zero attached hydrogens (tertiary/aromatic N) is 2. The highest BCUT2D eigenvalue weighted by molar-refractivity contribution is 7.10. The Balaban J connectivity index is 1.93. The molecule has 1 N–H and O–H groups in total. The lowest BCUT2D eigenvalue weighted by atomic mass is 10.00. The van der Waals surface area contributed by atoms with Crippen LogP contribution in [0.1, 0.15) is 22.2 Å². The number of hydrogen-bond acceptors (Lipinski definition) is 6. The van der Waals surface area contributed by atoms with Gasteiger partial charge in [-0.1, -0.05) is 41.6 Å². The first-order valence-corrected chi connectivity index (χ1v) is 8.79. The molecule has 0 unspecified atom stereocenters. The zero-order valence-electron chi connectivity index (χ0n) is 13.7. The zero-order chi connectivity index (χ0) is 18.3. The van der Waals surface area contributed by atoms with E-state index in [4.69, 9.17) is 4.52 Å². The first-order valence-electron chi connectivity index (χ1n) is 7.91. The van der Waals surface area contributed by atoms with Crippen LogP contribution in [0.25, 0.3) is 5.76 Å². The summed E-state index contributed by atoms with van der Waals surface area (Å²) in [5.41, 5.74) is 0.521. The third-order valence-electron chi connectivity index (χ3n) is 4.17. The number of hydrogen-bond donors (Lipinski definition) is 1. The predicted molar refractivity (Wildman–Crippen MR) is 96.8 cm³/mol. The molecule has 130 valence electrons. The molecule has 3 heterocycles. The van der Waals surface area contributed by atoms with Crippen LogP contribution in [0, 0.1) is 6.92 Å². The lowest BCUT2D eigenvalue weighted by molar-refractivity contribution is -0.132. The molecule has 1 aliphatic rings. The van der Waals surface area contributed by atoms with Crippen molar-refractivity contribution >= 4 is 34.6 Å². The number of ketones is 1. The third-order valence-corrected chi connectivity index (χ3v) is 5.09. The molecular weight excluding hydrogens is 352 g/mol. The highest BCUT2D eigenvalue weighted by Gasteiger charge is 2.48. The van der Waals surface area contributed by atoms with Crippen molar-refractivity contribution in [3.8, 4) is 0 Å². The van der Waals surface area contributed by atoms with Crippen LogP contribution in [0.2, 0.25) is 0 Å². The topological polar surface area (TPSA) is 83.6 Å². The average Bonchev–Trinajstić information content (AvgIpc) is 3.37. The van der Waals surface area contributed by atoms with E-state index in [1.165, 1.54) is 16.2 Å². The summed E-state index contributed by atoms with van der Waals surface area (Å²) in [5.74, 6) is -0.922. The van der Waals surface area contributed by atoms with Crippen LogP contribution in [-0.4, -0.2) is 22.0 Å². The first-order chi connectivity index (χ1) is 12.6. The van der Waals surface area contributed by atoms with Gasteiger partial charge in [-0.3, -0.25) is 14.5 Å². The zero-order valence-corrected chi connectivity index (χ0v) is 14.6. The third kappa shape index (κ3) is 2.53. The molecular formula is C19H14N2O4S. The van der Waals surface area contributed by atoms with Crippen molar-refractivity contribution in [1.29, 1.82) is 0 Å². The van der Waals surface area contributed by atoms with Crippen LogP contribution in [0.5, 0.6) is 0 Å². The summed E-state index contributed by atoms with van der Waals surface area (Å²) in [6.45, 7) is 1.71. The molecule has 1 aliphatic heterocycles. The van der Waals surface area contributed by atoms with E-state index in [1.807, 2.05) is 23.6 Å². The number of aromatic nitrogens is 1. The van der Waals surface area contributed by atoms with Gasteiger partial charge >= 0.3 is 5.91 Å². The maximum atomic E-state index is 12.8. The first kappa shape index (κ1) is 16.3. The van der Waals surface area contributed by atoms with Gasteiger partial charge < -0.3 is 9.63 Å². The Morgan fingerprint density at radius 3 is 2.58 bits per heavy atom. The van der Waals surface area contributed by atoms with Crippen LogP contribution in [-0.2, 0) is 9.59 Å². The number of carbonyl (C=O) groups excluding carboxylic acids is 2. The maximum Gasteiger partial charge on any atom is 0.301 e. The molecule has 0 aliphatic carbocycles. The van der Waals surface area contributed by atoms with E-state index in [1.54, 1.807) is 37.3 Å². The van der Waals surface area contributed by atoms with Gasteiger partial charge in [-0.2, -0.15) is 0 Å². The molecule has 1 aromatic carbocycles. The van der Waals surface area contributed by atoms with Gasteiger partial charge in [0.15, 0.2) is 5.82 Å². The number of carbonyl (C=O) groups is 2. The van der Waals surface area contributed by atoms with E-state index in [-0.39, 0.29) is 17.2 Å². The predicted octanol–water partition coefficient (Wildman–Crippen LogP) is 3.67. The molecule has 3 aromatic rings. The summed E-state index contributed by atoms with van der Waals surface area (Å²) in [6.07, 6.45) is 0. The number of rotatable bonds is 3. The van der Waals surface area contributed by atoms with Gasteiger partial charge in [0.1, 0.15) is 17.6 Å². The summed E-state index contributed by atoms with van der Waals surface area (Å²) in [5, 5.41) is 16.5. The lowest BCUT2D eigenvalue weighted by Gasteiger charge is -2.21. The summed E-state index contributed by atoms with van der Waals surface area (Å²) < 4.78 is 5.08. The molecule has 1 amide bonds. The molecule has 0 radical (unpaired) electrons. The minimum atomic E-state index is -0.750. The second kappa shape index (κ2) is 6.27. The Morgan fingerprint density at radius 2 is 1.96 bits per heavy atom. The summed E-state index contributed by atoms with van der Waals surface area (Å²) in [4.78, 5) is 27.5. The Bertz CT molecular complexity index is 1010. The van der Waals surface area contributed by atoms with Gasteiger partial charge in [-0.05, 0) is 18.4 Å². The van der Waals surface area contributed by atoms with Crippen molar-refractivity contribution in [3.05, 3.63) is 75.7 Å². The van der Waals surface area contributed by atoms with Crippen molar-refractivity contribution in [3.63, 3.8) is 0 Å². The van der Waals surface area contributed by atoms with E-state index in [9.17, 15) is 14.7 Å². The molecule has 0 saturated carbocycles. The van der Waals surface area contributed by atoms with Gasteiger partial charge in [0.2, 0.25) is 0 Å². The fraction of sp³-hybridized carbons (Fsp3) is 0.105. The van der Waals surface area contributed by atoms with E-state index in [0.717, 1.165) is 4.88 Å². The van der Waals surface area contributed by atoms with Gasteiger partial charge in [-0.15, -0.1) is 11.3 Å². The van der Waals surface area contributed by atoms with Gasteiger partial charge in [0.05, 0.1) is 5.57 Å². The van der Waals surface area contributed by atoms with E-state index < -0.39 is 17.7 Å². The molecule has 0 bridgehead atoms. The van der Waals surface area contributed by atoms with E-state index in [2.05, 4.69) is 5.16 Å². The number of Topliss-reactive ketones (excluding diaryl/α,β-unsaturated/α-hetero) is 1. The molecule has 26 heavy (non-hydrogen) atoms. The average molecular weight is 366 g/mol. The Hall–Kier alpha value is -3.19. The number of benzene rings is 1. The maximum absolute atomic E-state index is 12.8. The van der Waals surface area contributed by atoms with Gasteiger partial charge in [0.25, 0.3) is 5.78 Å². The normalized spacial score (nSPS) is 19.3. The van der Waals surface area contributed by atoms with Crippen LogP contribution in [0.15, 0.2) is 64.0 Å². The SMILES string of the molecule is Cc1cc(N2C(=O)C(=O)C(=C(O)c3ccccc3)[C@H]2c2cccs2)no1. The van der Waals surface area contributed by atoms with Crippen molar-refractivity contribution < 1.29 is 19.2 Å². The fourth-order valence-electron chi connectivity index (χ4n) is 3.00. The van der Waals surface area contributed by atoms with E-state index >= 15 is 0 Å². The molecule has 6 nitrogen and oxygen atoms in total. The Morgan fingerprint density at radius 1 is 1.19 bits per heavy atom. The standard InChI is InChI=1S/C19H14N2O4S/c1-11-10-14(20-25-11)21-16(13-8-5-9-26-13)15(18(23)19(21)24)17(22)12-6-3-2-4-7-12/h2-10,16,22H,1H3/t16-/m1/s1. The highest BCUT2D eigenvalue weighted by Crippen LogP contribution is 2.43. The van der Waals surface area contributed by atoms with Crippen LogP contribution >= 0.6 is 11.3 Å². The second-order valence-corrected chi connectivity index (χ2v) is 6.83. The van der Waals surface area contributed by atoms with Crippen molar-refractivity contribution in [1.82, 2.24) is 5.16 Å². The Kier molecular flexibility index (Phi) is 3.93. The monoisotopic (exact) mass is 366 g/mol. The number of thiophene rings is 1.